The van der Waals surface area contributed by atoms with E-state index >= 15 is 0 Å². The summed E-state index contributed by atoms with van der Waals surface area (Å²) >= 11 is 5.90. The molecule has 0 unspecified atom stereocenters. The number of nitrogens with zero attached hydrogens (tertiary/aromatic N) is 1. The third-order valence-electron chi connectivity index (χ3n) is 4.58. The van der Waals surface area contributed by atoms with Crippen molar-refractivity contribution < 1.29 is 21.6 Å². The van der Waals surface area contributed by atoms with E-state index in [4.69, 9.17) is 11.6 Å². The molecule has 164 valence electrons. The number of carbonyl (C=O) groups is 1. The topological polar surface area (TPSA) is 101 Å². The van der Waals surface area contributed by atoms with E-state index < -0.39 is 37.9 Å². The van der Waals surface area contributed by atoms with Crippen LogP contribution in [0.15, 0.2) is 53.4 Å². The number of halogens is 1. The van der Waals surface area contributed by atoms with Gasteiger partial charge in [0.05, 0.1) is 22.9 Å². The van der Waals surface area contributed by atoms with E-state index in [1.807, 2.05) is 0 Å². The Morgan fingerprint density at radius 1 is 1.00 bits per heavy atom. The number of benzene rings is 2. The van der Waals surface area contributed by atoms with Gasteiger partial charge in [0.2, 0.25) is 15.9 Å². The fourth-order valence-corrected chi connectivity index (χ4v) is 5.01. The number of sulfonamides is 1. The first kappa shape index (κ1) is 24.2. The van der Waals surface area contributed by atoms with E-state index in [0.29, 0.717) is 16.3 Å². The predicted molar refractivity (Wildman–Crippen MR) is 119 cm³/mol. The Morgan fingerprint density at radius 2 is 1.53 bits per heavy atom. The highest BCUT2D eigenvalue weighted by Gasteiger charge is 2.32. The lowest BCUT2D eigenvalue weighted by Crippen LogP contribution is -2.49. The smallest absolute Gasteiger partial charge is 0.244 e. The maximum absolute atomic E-state index is 13.0. The van der Waals surface area contributed by atoms with Crippen molar-refractivity contribution >= 4 is 43.1 Å². The fraction of sp³-hybridized carbons (Fsp3) is 0.350. The minimum atomic E-state index is -3.75. The first-order valence-electron chi connectivity index (χ1n) is 9.20. The number of hydrogen-bond acceptors (Lipinski definition) is 5. The van der Waals surface area contributed by atoms with E-state index in [2.05, 4.69) is 5.32 Å². The Balaban J connectivity index is 2.28. The van der Waals surface area contributed by atoms with Gasteiger partial charge in [-0.15, -0.1) is 0 Å². The lowest BCUT2D eigenvalue weighted by atomic mass is 10.1. The number of amides is 1. The van der Waals surface area contributed by atoms with Crippen molar-refractivity contribution in [3.8, 4) is 0 Å². The number of rotatable bonds is 8. The molecule has 0 bridgehead atoms. The summed E-state index contributed by atoms with van der Waals surface area (Å²) in [6, 6.07) is 11.0. The molecule has 0 aliphatic rings. The van der Waals surface area contributed by atoms with Crippen LogP contribution < -0.4 is 9.62 Å². The standard InChI is InChI=1S/C20H25ClN2O5S2/c1-5-19(23(30(4,27)28)17-10-8-16(21)9-11-17)20(24)22-14(2)15-6-12-18(13-7-15)29(3,25)26/h6-14,19H,5H2,1-4H3,(H,22,24)/t14-,19+/m1/s1. The predicted octanol–water partition coefficient (Wildman–Crippen LogP) is 3.17. The van der Waals surface area contributed by atoms with Crippen molar-refractivity contribution in [2.75, 3.05) is 16.8 Å². The first-order valence-corrected chi connectivity index (χ1v) is 13.3. The van der Waals surface area contributed by atoms with E-state index in [1.165, 1.54) is 12.1 Å². The Bertz CT molecular complexity index is 1100. The van der Waals surface area contributed by atoms with Gasteiger partial charge in [0, 0.05) is 11.3 Å². The molecule has 7 nitrogen and oxygen atoms in total. The van der Waals surface area contributed by atoms with Gasteiger partial charge in [-0.1, -0.05) is 30.7 Å². The highest BCUT2D eigenvalue weighted by molar-refractivity contribution is 7.92. The minimum absolute atomic E-state index is 0.183. The quantitative estimate of drug-likeness (QED) is 0.636. The molecule has 0 radical (unpaired) electrons. The molecular formula is C20H25ClN2O5S2. The monoisotopic (exact) mass is 472 g/mol. The van der Waals surface area contributed by atoms with Crippen LogP contribution in [0.1, 0.15) is 31.9 Å². The second kappa shape index (κ2) is 9.36. The summed E-state index contributed by atoms with van der Waals surface area (Å²) in [4.78, 5) is 13.2. The van der Waals surface area contributed by atoms with Crippen molar-refractivity contribution in [3.05, 3.63) is 59.1 Å². The highest BCUT2D eigenvalue weighted by atomic mass is 35.5. The third kappa shape index (κ3) is 5.96. The van der Waals surface area contributed by atoms with Gasteiger partial charge < -0.3 is 5.32 Å². The third-order valence-corrected chi connectivity index (χ3v) is 7.14. The Kier molecular flexibility index (Phi) is 7.54. The molecule has 0 saturated carbocycles. The number of hydrogen-bond donors (Lipinski definition) is 1. The van der Waals surface area contributed by atoms with Gasteiger partial charge in [0.15, 0.2) is 9.84 Å². The average molecular weight is 473 g/mol. The lowest BCUT2D eigenvalue weighted by Gasteiger charge is -2.31. The molecule has 0 aliphatic carbocycles. The van der Waals surface area contributed by atoms with Crippen molar-refractivity contribution in [1.29, 1.82) is 0 Å². The van der Waals surface area contributed by atoms with E-state index in [9.17, 15) is 21.6 Å². The number of anilines is 1. The second-order valence-electron chi connectivity index (χ2n) is 7.03. The summed E-state index contributed by atoms with van der Waals surface area (Å²) in [5, 5.41) is 3.27. The van der Waals surface area contributed by atoms with Crippen LogP contribution >= 0.6 is 11.6 Å². The first-order chi connectivity index (χ1) is 13.8. The van der Waals surface area contributed by atoms with Crippen LogP contribution in [0.3, 0.4) is 0 Å². The molecule has 0 heterocycles. The fourth-order valence-electron chi connectivity index (χ4n) is 3.04. The summed E-state index contributed by atoms with van der Waals surface area (Å²) in [5.74, 6) is -0.461. The van der Waals surface area contributed by atoms with Crippen LogP contribution in [0.4, 0.5) is 5.69 Å². The van der Waals surface area contributed by atoms with Crippen LogP contribution in [0.5, 0.6) is 0 Å². The van der Waals surface area contributed by atoms with Crippen molar-refractivity contribution in [2.24, 2.45) is 0 Å². The molecule has 1 N–H and O–H groups in total. The molecular weight excluding hydrogens is 448 g/mol. The van der Waals surface area contributed by atoms with Crippen LogP contribution in [0.2, 0.25) is 5.02 Å². The molecule has 2 rings (SSSR count). The Labute approximate surface area is 183 Å². The Hall–Kier alpha value is -2.10. The van der Waals surface area contributed by atoms with Crippen molar-refractivity contribution in [3.63, 3.8) is 0 Å². The molecule has 0 aromatic heterocycles. The molecule has 0 aliphatic heterocycles. The summed E-state index contributed by atoms with van der Waals surface area (Å²) < 4.78 is 49.2. The minimum Gasteiger partial charge on any atom is -0.348 e. The SMILES string of the molecule is CC[C@@H](C(=O)N[C@H](C)c1ccc(S(C)(=O)=O)cc1)N(c1ccc(Cl)cc1)S(C)(=O)=O. The molecule has 1 amide bonds. The molecule has 2 atom stereocenters. The largest absolute Gasteiger partial charge is 0.348 e. The molecule has 10 heteroatoms. The summed E-state index contributed by atoms with van der Waals surface area (Å²) in [5.41, 5.74) is 1.04. The van der Waals surface area contributed by atoms with Gasteiger partial charge >= 0.3 is 0 Å². The second-order valence-corrected chi connectivity index (χ2v) is 11.3. The Morgan fingerprint density at radius 3 is 1.97 bits per heavy atom. The van der Waals surface area contributed by atoms with Crippen LogP contribution in [0, 0.1) is 0 Å². The van der Waals surface area contributed by atoms with E-state index in [0.717, 1.165) is 16.8 Å². The van der Waals surface area contributed by atoms with Crippen molar-refractivity contribution in [2.45, 2.75) is 37.2 Å². The maximum Gasteiger partial charge on any atom is 0.244 e. The summed E-state index contributed by atoms with van der Waals surface area (Å²) in [7, 11) is -7.06. The van der Waals surface area contributed by atoms with Crippen LogP contribution in [0.25, 0.3) is 0 Å². The summed E-state index contributed by atoms with van der Waals surface area (Å²) in [6.07, 6.45) is 2.42. The molecule has 30 heavy (non-hydrogen) atoms. The number of carbonyl (C=O) groups excluding carboxylic acids is 1. The molecule has 2 aromatic carbocycles. The van der Waals surface area contributed by atoms with Gasteiger partial charge in [0.1, 0.15) is 6.04 Å². The molecule has 0 spiro atoms. The lowest BCUT2D eigenvalue weighted by molar-refractivity contribution is -0.122. The van der Waals surface area contributed by atoms with Gasteiger partial charge in [-0.3, -0.25) is 9.10 Å². The van der Waals surface area contributed by atoms with E-state index in [-0.39, 0.29) is 11.3 Å². The normalized spacial score (nSPS) is 14.0. The zero-order valence-corrected chi connectivity index (χ0v) is 19.6. The van der Waals surface area contributed by atoms with E-state index in [1.54, 1.807) is 50.2 Å². The average Bonchev–Trinajstić information content (AvgIpc) is 2.65. The maximum atomic E-state index is 13.0. The van der Waals surface area contributed by atoms with Crippen LogP contribution in [-0.2, 0) is 24.7 Å². The zero-order chi connectivity index (χ0) is 22.7. The highest BCUT2D eigenvalue weighted by Crippen LogP contribution is 2.25. The number of nitrogens with one attached hydrogen (secondary N) is 1. The van der Waals surface area contributed by atoms with Crippen molar-refractivity contribution in [1.82, 2.24) is 5.32 Å². The van der Waals surface area contributed by atoms with Gasteiger partial charge in [0.25, 0.3) is 0 Å². The molecule has 0 fully saturated rings. The molecule has 2 aromatic rings. The number of sulfone groups is 1. The van der Waals surface area contributed by atoms with Gasteiger partial charge in [-0.25, -0.2) is 16.8 Å². The summed E-state index contributed by atoms with van der Waals surface area (Å²) in [6.45, 7) is 3.47. The van der Waals surface area contributed by atoms with Gasteiger partial charge in [-0.05, 0) is 55.3 Å². The molecule has 0 saturated heterocycles. The van der Waals surface area contributed by atoms with Gasteiger partial charge in [-0.2, -0.15) is 0 Å². The van der Waals surface area contributed by atoms with Crippen LogP contribution in [-0.4, -0.2) is 41.3 Å². The zero-order valence-electron chi connectivity index (χ0n) is 17.2.